The average Bonchev–Trinajstić information content (AvgIpc) is 3.00. The zero-order valence-electron chi connectivity index (χ0n) is 13.2. The molecule has 2 amide bonds. The van der Waals surface area contributed by atoms with Crippen LogP contribution in [0.5, 0.6) is 0 Å². The topological polar surface area (TPSA) is 105 Å². The lowest BCUT2D eigenvalue weighted by molar-refractivity contribution is 0.0678. The number of rotatable bonds is 4. The first-order valence-electron chi connectivity index (χ1n) is 7.53. The molecule has 0 bridgehead atoms. The Morgan fingerprint density at radius 2 is 2.12 bits per heavy atom. The van der Waals surface area contributed by atoms with Crippen molar-refractivity contribution in [2.75, 3.05) is 30.8 Å². The highest BCUT2D eigenvalue weighted by Gasteiger charge is 2.30. The average molecular weight is 411 g/mol. The lowest BCUT2D eigenvalue weighted by Crippen LogP contribution is -2.38. The van der Waals surface area contributed by atoms with E-state index in [2.05, 4.69) is 5.32 Å². The normalized spacial score (nSPS) is 17.4. The molecule has 4 N–H and O–H groups in total. The fraction of sp³-hybridized carbons (Fsp3) is 0.467. The summed E-state index contributed by atoms with van der Waals surface area (Å²) in [5.41, 5.74) is 6.51. The molecule has 0 saturated carbocycles. The highest BCUT2D eigenvalue weighted by atomic mass is 35.6. The number of anilines is 2. The van der Waals surface area contributed by atoms with Crippen LogP contribution in [0, 0.1) is 0 Å². The zero-order chi connectivity index (χ0) is 18.6. The van der Waals surface area contributed by atoms with E-state index in [1.807, 2.05) is 0 Å². The fourth-order valence-corrected chi connectivity index (χ4v) is 2.76. The van der Waals surface area contributed by atoms with Crippen LogP contribution in [0.4, 0.5) is 16.2 Å². The zero-order valence-corrected chi connectivity index (χ0v) is 15.4. The molecule has 1 fully saturated rings. The van der Waals surface area contributed by atoms with Gasteiger partial charge in [0, 0.05) is 12.2 Å². The number of nitrogens with zero attached hydrogens (tertiary/aromatic N) is 1. The molecule has 1 unspecified atom stereocenters. The van der Waals surface area contributed by atoms with Gasteiger partial charge in [0.2, 0.25) is 3.79 Å². The van der Waals surface area contributed by atoms with Gasteiger partial charge in [-0.1, -0.05) is 34.8 Å². The molecule has 1 atom stereocenters. The van der Waals surface area contributed by atoms with Crippen molar-refractivity contribution >= 4 is 58.2 Å². The van der Waals surface area contributed by atoms with Crippen LogP contribution in [0.15, 0.2) is 18.2 Å². The number of nitrogens with one attached hydrogen (secondary N) is 1. The number of alkyl halides is 3. The predicted octanol–water partition coefficient (Wildman–Crippen LogP) is 2.78. The second-order valence-corrected chi connectivity index (χ2v) is 8.11. The van der Waals surface area contributed by atoms with Gasteiger partial charge in [0.15, 0.2) is 0 Å². The Hall–Kier alpha value is -1.41. The van der Waals surface area contributed by atoms with Gasteiger partial charge in [0.1, 0.15) is 6.61 Å². The molecule has 1 saturated heterocycles. The Labute approximate surface area is 160 Å². The Morgan fingerprint density at radius 3 is 2.76 bits per heavy atom. The lowest BCUT2D eigenvalue weighted by atomic mass is 10.1. The largest absolute Gasteiger partial charge is 0.445 e. The highest BCUT2D eigenvalue weighted by Crippen LogP contribution is 2.27. The van der Waals surface area contributed by atoms with E-state index in [0.717, 1.165) is 12.8 Å². The summed E-state index contributed by atoms with van der Waals surface area (Å²) in [7, 11) is 0. The van der Waals surface area contributed by atoms with Gasteiger partial charge in [-0.15, -0.1) is 0 Å². The number of amides is 2. The first-order valence-corrected chi connectivity index (χ1v) is 8.66. The number of hydrogen-bond acceptors (Lipinski definition) is 5. The molecule has 1 aliphatic heterocycles. The van der Waals surface area contributed by atoms with E-state index in [4.69, 9.17) is 45.3 Å². The van der Waals surface area contributed by atoms with Crippen molar-refractivity contribution in [1.29, 1.82) is 0 Å². The van der Waals surface area contributed by atoms with Gasteiger partial charge < -0.3 is 20.5 Å². The molecule has 1 aromatic rings. The van der Waals surface area contributed by atoms with Crippen molar-refractivity contribution in [1.82, 2.24) is 4.90 Å². The van der Waals surface area contributed by atoms with Crippen LogP contribution >= 0.6 is 34.8 Å². The lowest BCUT2D eigenvalue weighted by Gasteiger charge is -2.24. The number of benzene rings is 1. The van der Waals surface area contributed by atoms with Crippen LogP contribution in [0.25, 0.3) is 0 Å². The number of nitrogen functional groups attached to an aromatic ring is 1. The maximum absolute atomic E-state index is 12.8. The number of halogens is 3. The van der Waals surface area contributed by atoms with Gasteiger partial charge in [0.25, 0.3) is 5.91 Å². The van der Waals surface area contributed by atoms with Crippen molar-refractivity contribution in [2.45, 2.75) is 22.7 Å². The summed E-state index contributed by atoms with van der Waals surface area (Å²) in [4.78, 5) is 26.2. The SMILES string of the molecule is Nc1ccc(C(=O)N2CCCC2CO)c(NC(=O)OCC(Cl)(Cl)Cl)c1. The van der Waals surface area contributed by atoms with Gasteiger partial charge in [-0.25, -0.2) is 4.79 Å². The first kappa shape index (κ1) is 19.9. The van der Waals surface area contributed by atoms with Crippen LogP contribution in [0.1, 0.15) is 23.2 Å². The minimum absolute atomic E-state index is 0.116. The Bertz CT molecular complexity index is 651. The molecule has 2 rings (SSSR count). The molecule has 1 aliphatic rings. The predicted molar refractivity (Wildman–Crippen MR) is 97.3 cm³/mol. The second-order valence-electron chi connectivity index (χ2n) is 5.60. The van der Waals surface area contributed by atoms with E-state index in [1.54, 1.807) is 11.0 Å². The van der Waals surface area contributed by atoms with Crippen LogP contribution in [-0.4, -0.2) is 51.6 Å². The maximum Gasteiger partial charge on any atom is 0.411 e. The molecule has 25 heavy (non-hydrogen) atoms. The number of aliphatic hydroxyl groups excluding tert-OH is 1. The fourth-order valence-electron chi connectivity index (χ4n) is 2.59. The molecule has 10 heteroatoms. The first-order chi connectivity index (χ1) is 11.7. The van der Waals surface area contributed by atoms with E-state index >= 15 is 0 Å². The van der Waals surface area contributed by atoms with Gasteiger partial charge in [-0.2, -0.15) is 0 Å². The number of carbonyl (C=O) groups is 2. The highest BCUT2D eigenvalue weighted by molar-refractivity contribution is 6.67. The van der Waals surface area contributed by atoms with Gasteiger partial charge in [0.05, 0.1) is 23.9 Å². The third-order valence-corrected chi connectivity index (χ3v) is 4.05. The van der Waals surface area contributed by atoms with Gasteiger partial charge >= 0.3 is 6.09 Å². The van der Waals surface area contributed by atoms with Gasteiger partial charge in [-0.05, 0) is 31.0 Å². The molecular weight excluding hydrogens is 393 g/mol. The number of nitrogens with two attached hydrogens (primary N) is 1. The Kier molecular flexibility index (Phi) is 6.62. The summed E-state index contributed by atoms with van der Waals surface area (Å²) in [5, 5.41) is 11.8. The third-order valence-electron chi connectivity index (χ3n) is 3.73. The molecule has 138 valence electrons. The maximum atomic E-state index is 12.8. The molecule has 1 aromatic carbocycles. The second kappa shape index (κ2) is 8.31. The van der Waals surface area contributed by atoms with E-state index in [1.165, 1.54) is 12.1 Å². The summed E-state index contributed by atoms with van der Waals surface area (Å²) < 4.78 is 3.06. The van der Waals surface area contributed by atoms with Crippen molar-refractivity contribution < 1.29 is 19.4 Å². The van der Waals surface area contributed by atoms with E-state index in [-0.39, 0.29) is 29.8 Å². The van der Waals surface area contributed by atoms with E-state index in [0.29, 0.717) is 12.2 Å². The van der Waals surface area contributed by atoms with E-state index in [9.17, 15) is 14.7 Å². The quantitative estimate of drug-likeness (QED) is 0.523. The van der Waals surface area contributed by atoms with Crippen LogP contribution in [0.2, 0.25) is 0 Å². The molecular formula is C15H18Cl3N3O4. The van der Waals surface area contributed by atoms with Crippen molar-refractivity contribution in [3.8, 4) is 0 Å². The summed E-state index contributed by atoms with van der Waals surface area (Å²) in [6, 6.07) is 4.26. The number of aliphatic hydroxyl groups is 1. The minimum Gasteiger partial charge on any atom is -0.445 e. The number of likely N-dealkylation sites (tertiary alicyclic amines) is 1. The molecule has 1 heterocycles. The van der Waals surface area contributed by atoms with Crippen LogP contribution < -0.4 is 11.1 Å². The third kappa shape index (κ3) is 5.54. The monoisotopic (exact) mass is 409 g/mol. The summed E-state index contributed by atoms with van der Waals surface area (Å²) >= 11 is 16.6. The minimum atomic E-state index is -1.74. The summed E-state index contributed by atoms with van der Waals surface area (Å²) in [6.07, 6.45) is 0.650. The summed E-state index contributed by atoms with van der Waals surface area (Å²) in [6.45, 7) is -0.0336. The Balaban J connectivity index is 2.17. The molecule has 0 aliphatic carbocycles. The number of carbonyl (C=O) groups excluding carboxylic acids is 2. The van der Waals surface area contributed by atoms with Crippen LogP contribution in [-0.2, 0) is 4.74 Å². The number of ether oxygens (including phenoxy) is 1. The number of hydrogen-bond donors (Lipinski definition) is 3. The molecule has 0 spiro atoms. The van der Waals surface area contributed by atoms with Crippen LogP contribution in [0.3, 0.4) is 0 Å². The Morgan fingerprint density at radius 1 is 1.40 bits per heavy atom. The summed E-state index contributed by atoms with van der Waals surface area (Å²) in [5.74, 6) is -0.312. The molecule has 7 nitrogen and oxygen atoms in total. The smallest absolute Gasteiger partial charge is 0.411 e. The van der Waals surface area contributed by atoms with E-state index < -0.39 is 16.5 Å². The molecule has 0 aromatic heterocycles. The van der Waals surface area contributed by atoms with Crippen molar-refractivity contribution in [3.63, 3.8) is 0 Å². The van der Waals surface area contributed by atoms with Gasteiger partial charge in [-0.3, -0.25) is 10.1 Å². The standard InChI is InChI=1S/C15H18Cl3N3O4/c16-15(17,18)8-25-14(24)20-12-6-9(19)3-4-11(12)13(23)21-5-1-2-10(21)7-22/h3-4,6,10,22H,1-2,5,7-8,19H2,(H,20,24). The van der Waals surface area contributed by atoms with Crippen molar-refractivity contribution in [3.05, 3.63) is 23.8 Å². The van der Waals surface area contributed by atoms with Crippen molar-refractivity contribution in [2.24, 2.45) is 0 Å². The molecule has 0 radical (unpaired) electrons.